The molecular weight excluding hydrogens is 483 g/mol. The maximum Gasteiger partial charge on any atom is 0.409 e. The van der Waals surface area contributed by atoms with E-state index in [-0.39, 0.29) is 36.1 Å². The normalized spacial score (nSPS) is 14.9. The molecule has 0 aliphatic carbocycles. The van der Waals surface area contributed by atoms with E-state index in [0.29, 0.717) is 38.7 Å². The van der Waals surface area contributed by atoms with E-state index in [2.05, 4.69) is 27.5 Å². The predicted molar refractivity (Wildman–Crippen MR) is 123 cm³/mol. The van der Waals surface area contributed by atoms with Crippen molar-refractivity contribution in [3.8, 4) is 0 Å². The van der Waals surface area contributed by atoms with Crippen molar-refractivity contribution in [2.75, 3.05) is 19.7 Å². The minimum absolute atomic E-state index is 0. The van der Waals surface area contributed by atoms with E-state index >= 15 is 0 Å². The number of benzene rings is 1. The summed E-state index contributed by atoms with van der Waals surface area (Å²) in [5.41, 5.74) is 8.39. The minimum Gasteiger partial charge on any atom is -0.450 e. The summed E-state index contributed by atoms with van der Waals surface area (Å²) < 4.78 is 6.94. The van der Waals surface area contributed by atoms with Crippen LogP contribution in [-0.4, -0.2) is 52.5 Å². The molecule has 29 heavy (non-hydrogen) atoms. The quantitative estimate of drug-likeness (QED) is 0.353. The van der Waals surface area contributed by atoms with Crippen LogP contribution in [0.2, 0.25) is 0 Å². The van der Waals surface area contributed by atoms with E-state index < -0.39 is 0 Å². The highest BCUT2D eigenvalue weighted by atomic mass is 127. The molecule has 158 valence electrons. The van der Waals surface area contributed by atoms with Gasteiger partial charge in [0.1, 0.15) is 0 Å². The molecule has 8 nitrogen and oxygen atoms in total. The molecular formula is C20H29IN6O2. The van der Waals surface area contributed by atoms with Crippen LogP contribution in [0.1, 0.15) is 30.9 Å². The Bertz CT molecular complexity index is 788. The SMILES string of the molecule is CCOC(=O)N1CCC(NC(N)=NCc2ccccc2Cn2cccn2)CC1.I. The van der Waals surface area contributed by atoms with Crippen LogP contribution in [0.5, 0.6) is 0 Å². The first kappa shape index (κ1) is 23.0. The zero-order valence-corrected chi connectivity index (χ0v) is 19.0. The summed E-state index contributed by atoms with van der Waals surface area (Å²) in [7, 11) is 0. The highest BCUT2D eigenvalue weighted by molar-refractivity contribution is 14.0. The number of guanidine groups is 1. The lowest BCUT2D eigenvalue weighted by Gasteiger charge is -2.31. The summed E-state index contributed by atoms with van der Waals surface area (Å²) in [6.07, 6.45) is 5.13. The summed E-state index contributed by atoms with van der Waals surface area (Å²) in [5, 5.41) is 7.54. The van der Waals surface area contributed by atoms with Crippen molar-refractivity contribution in [1.82, 2.24) is 20.0 Å². The van der Waals surface area contributed by atoms with Crippen LogP contribution >= 0.6 is 24.0 Å². The van der Waals surface area contributed by atoms with Crippen molar-refractivity contribution in [2.45, 2.75) is 38.9 Å². The first-order valence-electron chi connectivity index (χ1n) is 9.68. The molecule has 9 heteroatoms. The van der Waals surface area contributed by atoms with Gasteiger partial charge in [0.25, 0.3) is 0 Å². The average molecular weight is 512 g/mol. The molecule has 0 saturated carbocycles. The number of carbonyl (C=O) groups excluding carboxylic acids is 1. The van der Waals surface area contributed by atoms with Crippen LogP contribution in [-0.2, 0) is 17.8 Å². The molecule has 0 unspecified atom stereocenters. The molecule has 2 aromatic rings. The number of piperidine rings is 1. The molecule has 2 heterocycles. The largest absolute Gasteiger partial charge is 0.450 e. The van der Waals surface area contributed by atoms with E-state index in [0.717, 1.165) is 18.4 Å². The molecule has 1 aliphatic heterocycles. The number of aromatic nitrogens is 2. The van der Waals surface area contributed by atoms with Gasteiger partial charge in [-0.25, -0.2) is 9.79 Å². The van der Waals surface area contributed by atoms with E-state index in [4.69, 9.17) is 10.5 Å². The molecule has 0 spiro atoms. The Morgan fingerprint density at radius 3 is 2.66 bits per heavy atom. The van der Waals surface area contributed by atoms with Gasteiger partial charge in [-0.05, 0) is 37.0 Å². The van der Waals surface area contributed by atoms with Crippen molar-refractivity contribution in [3.63, 3.8) is 0 Å². The molecule has 1 aromatic carbocycles. The monoisotopic (exact) mass is 512 g/mol. The number of nitrogens with two attached hydrogens (primary N) is 1. The number of hydrogen-bond donors (Lipinski definition) is 2. The van der Waals surface area contributed by atoms with Crippen molar-refractivity contribution in [1.29, 1.82) is 0 Å². The summed E-state index contributed by atoms with van der Waals surface area (Å²) in [4.78, 5) is 18.0. The number of carbonyl (C=O) groups is 1. The summed E-state index contributed by atoms with van der Waals surface area (Å²) in [5.74, 6) is 0.434. The smallest absolute Gasteiger partial charge is 0.409 e. The van der Waals surface area contributed by atoms with Gasteiger partial charge >= 0.3 is 6.09 Å². The molecule has 0 bridgehead atoms. The Morgan fingerprint density at radius 1 is 1.28 bits per heavy atom. The van der Waals surface area contributed by atoms with Crippen LogP contribution in [0.4, 0.5) is 4.79 Å². The molecule has 3 rings (SSSR count). The third kappa shape index (κ3) is 6.91. The molecule has 0 radical (unpaired) electrons. The third-order valence-corrected chi connectivity index (χ3v) is 4.80. The number of ether oxygens (including phenoxy) is 1. The number of amides is 1. The number of nitrogens with zero attached hydrogens (tertiary/aromatic N) is 4. The second-order valence-electron chi connectivity index (χ2n) is 6.78. The summed E-state index contributed by atoms with van der Waals surface area (Å²) in [6.45, 7) is 4.76. The standard InChI is InChI=1S/C20H28N6O2.HI/c1-2-28-20(27)25-12-8-18(9-13-25)24-19(21)22-14-16-6-3-4-7-17(16)15-26-11-5-10-23-26;/h3-7,10-11,18H,2,8-9,12-15H2,1H3,(H3,21,22,24);1H. The van der Waals surface area contributed by atoms with Crippen LogP contribution in [0.15, 0.2) is 47.7 Å². The highest BCUT2D eigenvalue weighted by Crippen LogP contribution is 2.13. The lowest BCUT2D eigenvalue weighted by Crippen LogP contribution is -2.48. The topological polar surface area (TPSA) is 97.8 Å². The molecule has 1 aliphatic rings. The molecule has 1 fully saturated rings. The third-order valence-electron chi connectivity index (χ3n) is 4.80. The molecule has 0 atom stereocenters. The van der Waals surface area contributed by atoms with Gasteiger partial charge in [0.05, 0.1) is 19.7 Å². The van der Waals surface area contributed by atoms with Crippen LogP contribution in [0.3, 0.4) is 0 Å². The second-order valence-corrected chi connectivity index (χ2v) is 6.78. The molecule has 1 saturated heterocycles. The zero-order valence-electron chi connectivity index (χ0n) is 16.7. The van der Waals surface area contributed by atoms with Crippen molar-refractivity contribution < 1.29 is 9.53 Å². The summed E-state index contributed by atoms with van der Waals surface area (Å²) >= 11 is 0. The van der Waals surface area contributed by atoms with Crippen molar-refractivity contribution in [2.24, 2.45) is 10.7 Å². The fraction of sp³-hybridized carbons (Fsp3) is 0.450. The Labute approximate surface area is 188 Å². The Kier molecular flexibility index (Phi) is 9.23. The molecule has 1 aromatic heterocycles. The van der Waals surface area contributed by atoms with E-state index in [1.54, 1.807) is 11.1 Å². The van der Waals surface area contributed by atoms with Gasteiger partial charge in [0.2, 0.25) is 0 Å². The first-order chi connectivity index (χ1) is 13.7. The number of rotatable bonds is 6. The van der Waals surface area contributed by atoms with Crippen molar-refractivity contribution in [3.05, 3.63) is 53.9 Å². The highest BCUT2D eigenvalue weighted by Gasteiger charge is 2.23. The first-order valence-corrected chi connectivity index (χ1v) is 9.68. The fourth-order valence-electron chi connectivity index (χ4n) is 3.28. The van der Waals surface area contributed by atoms with Crippen LogP contribution in [0, 0.1) is 0 Å². The number of likely N-dealkylation sites (tertiary alicyclic amines) is 1. The average Bonchev–Trinajstić information content (AvgIpc) is 3.21. The Hall–Kier alpha value is -2.30. The van der Waals surface area contributed by atoms with Crippen LogP contribution in [0.25, 0.3) is 0 Å². The lowest BCUT2D eigenvalue weighted by molar-refractivity contribution is 0.0963. The minimum atomic E-state index is -0.239. The number of hydrogen-bond acceptors (Lipinski definition) is 4. The van der Waals surface area contributed by atoms with E-state index in [1.165, 1.54) is 5.56 Å². The number of nitrogens with one attached hydrogen (secondary N) is 1. The Balaban J connectivity index is 0.00000300. The van der Waals surface area contributed by atoms with Gasteiger partial charge in [0.15, 0.2) is 5.96 Å². The van der Waals surface area contributed by atoms with E-state index in [9.17, 15) is 4.79 Å². The maximum atomic E-state index is 11.8. The van der Waals surface area contributed by atoms with E-state index in [1.807, 2.05) is 36.0 Å². The van der Waals surface area contributed by atoms with Gasteiger partial charge < -0.3 is 20.7 Å². The van der Waals surface area contributed by atoms with Gasteiger partial charge in [-0.15, -0.1) is 24.0 Å². The van der Waals surface area contributed by atoms with Gasteiger partial charge in [-0.1, -0.05) is 24.3 Å². The Morgan fingerprint density at radius 2 is 2.00 bits per heavy atom. The fourth-order valence-corrected chi connectivity index (χ4v) is 3.28. The molecule has 1 amide bonds. The van der Waals surface area contributed by atoms with Gasteiger partial charge in [0, 0.05) is 31.5 Å². The number of aliphatic imine (C=N–C) groups is 1. The number of halogens is 1. The van der Waals surface area contributed by atoms with Crippen LogP contribution < -0.4 is 11.1 Å². The predicted octanol–water partition coefficient (Wildman–Crippen LogP) is 2.57. The second kappa shape index (κ2) is 11.6. The maximum absolute atomic E-state index is 11.8. The van der Waals surface area contributed by atoms with Gasteiger partial charge in [-0.2, -0.15) is 5.10 Å². The van der Waals surface area contributed by atoms with Crippen molar-refractivity contribution >= 4 is 36.0 Å². The summed E-state index contributed by atoms with van der Waals surface area (Å²) in [6, 6.07) is 10.3. The lowest BCUT2D eigenvalue weighted by atomic mass is 10.1. The zero-order chi connectivity index (χ0) is 19.8. The van der Waals surface area contributed by atoms with Gasteiger partial charge in [-0.3, -0.25) is 4.68 Å². The molecule has 3 N–H and O–H groups in total.